The van der Waals surface area contributed by atoms with Gasteiger partial charge in [-0.2, -0.15) is 0 Å². The van der Waals surface area contributed by atoms with Crippen molar-refractivity contribution in [2.45, 2.75) is 18.9 Å². The molecule has 1 atom stereocenters. The summed E-state index contributed by atoms with van der Waals surface area (Å²) in [7, 11) is 0. The van der Waals surface area contributed by atoms with Crippen LogP contribution < -0.4 is 5.32 Å². The molecule has 0 saturated heterocycles. The molecule has 6 nitrogen and oxygen atoms in total. The van der Waals surface area contributed by atoms with Gasteiger partial charge >= 0.3 is 5.97 Å². The van der Waals surface area contributed by atoms with Crippen molar-refractivity contribution in [1.82, 2.24) is 10.3 Å². The van der Waals surface area contributed by atoms with Crippen LogP contribution in [0.1, 0.15) is 39.3 Å². The standard InChI is InChI=1S/C17H14F2N2O4/c18-15(19)12-7-6-11(9-20-12)16(23)21-13(17(24)25)8-14(22)10-4-2-1-3-5-10/h1-7,9,13,15H,8H2,(H,21,23)(H,24,25). The summed E-state index contributed by atoms with van der Waals surface area (Å²) in [4.78, 5) is 38.9. The lowest BCUT2D eigenvalue weighted by atomic mass is 10.0. The average Bonchev–Trinajstić information content (AvgIpc) is 2.61. The van der Waals surface area contributed by atoms with E-state index in [0.717, 1.165) is 18.3 Å². The molecule has 0 aliphatic rings. The van der Waals surface area contributed by atoms with Crippen LogP contribution in [0.25, 0.3) is 0 Å². The highest BCUT2D eigenvalue weighted by atomic mass is 19.3. The first kappa shape index (κ1) is 18.2. The maximum Gasteiger partial charge on any atom is 0.326 e. The monoisotopic (exact) mass is 348 g/mol. The highest BCUT2D eigenvalue weighted by molar-refractivity contribution is 6.01. The number of carbonyl (C=O) groups excluding carboxylic acids is 2. The largest absolute Gasteiger partial charge is 0.480 e. The van der Waals surface area contributed by atoms with Crippen LogP contribution in [-0.4, -0.2) is 33.8 Å². The molecule has 1 aromatic heterocycles. The first-order valence-corrected chi connectivity index (χ1v) is 7.24. The van der Waals surface area contributed by atoms with Crippen molar-refractivity contribution < 1.29 is 28.3 Å². The van der Waals surface area contributed by atoms with Gasteiger partial charge in [0.2, 0.25) is 0 Å². The summed E-state index contributed by atoms with van der Waals surface area (Å²) in [6.07, 6.45) is -2.28. The lowest BCUT2D eigenvalue weighted by Gasteiger charge is -2.14. The van der Waals surface area contributed by atoms with E-state index in [1.165, 1.54) is 12.1 Å². The number of carboxylic acid groups (broad SMARTS) is 1. The Hall–Kier alpha value is -3.16. The lowest BCUT2D eigenvalue weighted by Crippen LogP contribution is -2.42. The molecule has 8 heteroatoms. The number of rotatable bonds is 7. The van der Waals surface area contributed by atoms with Crippen LogP contribution >= 0.6 is 0 Å². The van der Waals surface area contributed by atoms with Gasteiger partial charge in [-0.25, -0.2) is 13.6 Å². The molecule has 25 heavy (non-hydrogen) atoms. The zero-order chi connectivity index (χ0) is 18.4. The van der Waals surface area contributed by atoms with Gasteiger partial charge in [-0.05, 0) is 12.1 Å². The molecule has 0 spiro atoms. The molecule has 2 rings (SSSR count). The number of halogens is 2. The summed E-state index contributed by atoms with van der Waals surface area (Å²) < 4.78 is 24.9. The number of nitrogens with zero attached hydrogens (tertiary/aromatic N) is 1. The summed E-state index contributed by atoms with van der Waals surface area (Å²) in [5.41, 5.74) is -0.251. The van der Waals surface area contributed by atoms with Gasteiger partial charge in [0.25, 0.3) is 12.3 Å². The summed E-state index contributed by atoms with van der Waals surface area (Å²) in [6, 6.07) is 8.70. The van der Waals surface area contributed by atoms with E-state index in [2.05, 4.69) is 10.3 Å². The number of nitrogens with one attached hydrogen (secondary N) is 1. The fourth-order valence-corrected chi connectivity index (χ4v) is 2.04. The topological polar surface area (TPSA) is 96.4 Å². The molecule has 1 amide bonds. The van der Waals surface area contributed by atoms with E-state index >= 15 is 0 Å². The number of alkyl halides is 2. The number of ketones is 1. The molecule has 0 fully saturated rings. The van der Waals surface area contributed by atoms with E-state index in [1.807, 2.05) is 0 Å². The Morgan fingerprint density at radius 3 is 2.24 bits per heavy atom. The van der Waals surface area contributed by atoms with E-state index in [-0.39, 0.29) is 5.56 Å². The minimum Gasteiger partial charge on any atom is -0.480 e. The SMILES string of the molecule is O=C(CC(NC(=O)c1ccc(C(F)F)nc1)C(=O)O)c1ccccc1. The van der Waals surface area contributed by atoms with Gasteiger partial charge in [-0.3, -0.25) is 14.6 Å². The first-order valence-electron chi connectivity index (χ1n) is 7.24. The molecule has 1 heterocycles. The molecular formula is C17H14F2N2O4. The summed E-state index contributed by atoms with van der Waals surface area (Å²) >= 11 is 0. The van der Waals surface area contributed by atoms with Crippen molar-refractivity contribution in [3.8, 4) is 0 Å². The number of hydrogen-bond acceptors (Lipinski definition) is 4. The second-order valence-electron chi connectivity index (χ2n) is 5.13. The third kappa shape index (κ3) is 4.90. The van der Waals surface area contributed by atoms with Crippen molar-refractivity contribution in [1.29, 1.82) is 0 Å². The second-order valence-corrected chi connectivity index (χ2v) is 5.13. The predicted molar refractivity (Wildman–Crippen MR) is 83.5 cm³/mol. The minimum absolute atomic E-state index is 0.0807. The van der Waals surface area contributed by atoms with Crippen LogP contribution in [0, 0.1) is 0 Å². The lowest BCUT2D eigenvalue weighted by molar-refractivity contribution is -0.139. The van der Waals surface area contributed by atoms with Gasteiger partial charge in [-0.15, -0.1) is 0 Å². The number of aromatic nitrogens is 1. The Balaban J connectivity index is 2.06. The Kier molecular flexibility index (Phi) is 5.89. The molecule has 1 aromatic carbocycles. The second kappa shape index (κ2) is 8.09. The van der Waals surface area contributed by atoms with E-state index in [1.54, 1.807) is 18.2 Å². The van der Waals surface area contributed by atoms with Crippen molar-refractivity contribution in [2.75, 3.05) is 0 Å². The van der Waals surface area contributed by atoms with Gasteiger partial charge in [0, 0.05) is 18.2 Å². The van der Waals surface area contributed by atoms with Crippen molar-refractivity contribution in [2.24, 2.45) is 0 Å². The molecule has 0 bridgehead atoms. The zero-order valence-corrected chi connectivity index (χ0v) is 12.9. The fraction of sp³-hybridized carbons (Fsp3) is 0.176. The van der Waals surface area contributed by atoms with Crippen LogP contribution in [0.3, 0.4) is 0 Å². The molecule has 0 radical (unpaired) electrons. The number of hydrogen-bond donors (Lipinski definition) is 2. The number of aliphatic carboxylic acids is 1. The Labute approximate surface area is 141 Å². The van der Waals surface area contributed by atoms with Gasteiger partial charge in [0.15, 0.2) is 5.78 Å². The summed E-state index contributed by atoms with van der Waals surface area (Å²) in [5.74, 6) is -2.64. The normalized spacial score (nSPS) is 11.8. The van der Waals surface area contributed by atoms with E-state index in [4.69, 9.17) is 0 Å². The molecule has 0 saturated carbocycles. The molecule has 0 aliphatic heterocycles. The highest BCUT2D eigenvalue weighted by Crippen LogP contribution is 2.16. The van der Waals surface area contributed by atoms with E-state index < -0.39 is 42.2 Å². The molecule has 2 N–H and O–H groups in total. The molecular weight excluding hydrogens is 334 g/mol. The van der Waals surface area contributed by atoms with Crippen molar-refractivity contribution in [3.63, 3.8) is 0 Å². The third-order valence-electron chi connectivity index (χ3n) is 3.36. The average molecular weight is 348 g/mol. The molecule has 0 aliphatic carbocycles. The third-order valence-corrected chi connectivity index (χ3v) is 3.36. The summed E-state index contributed by atoms with van der Waals surface area (Å²) in [5, 5.41) is 11.4. The molecule has 2 aromatic rings. The minimum atomic E-state index is -2.77. The Bertz CT molecular complexity index is 764. The van der Waals surface area contributed by atoms with Crippen LogP contribution in [0.4, 0.5) is 8.78 Å². The van der Waals surface area contributed by atoms with Gasteiger partial charge < -0.3 is 10.4 Å². The Morgan fingerprint density at radius 1 is 1.04 bits per heavy atom. The van der Waals surface area contributed by atoms with Crippen LogP contribution in [0.5, 0.6) is 0 Å². The summed E-state index contributed by atoms with van der Waals surface area (Å²) in [6.45, 7) is 0. The fourth-order valence-electron chi connectivity index (χ4n) is 2.04. The number of pyridine rings is 1. The van der Waals surface area contributed by atoms with E-state index in [9.17, 15) is 28.3 Å². The Morgan fingerprint density at radius 2 is 1.72 bits per heavy atom. The van der Waals surface area contributed by atoms with Crippen LogP contribution in [0.15, 0.2) is 48.7 Å². The number of Topliss-reactive ketones (excluding diaryl/α,β-unsaturated/α-hetero) is 1. The van der Waals surface area contributed by atoms with Crippen LogP contribution in [0.2, 0.25) is 0 Å². The number of carbonyl (C=O) groups is 3. The highest BCUT2D eigenvalue weighted by Gasteiger charge is 2.24. The zero-order valence-electron chi connectivity index (χ0n) is 12.9. The molecule has 1 unspecified atom stereocenters. The van der Waals surface area contributed by atoms with Gasteiger partial charge in [0.05, 0.1) is 5.56 Å². The number of amides is 1. The van der Waals surface area contributed by atoms with Gasteiger partial charge in [-0.1, -0.05) is 30.3 Å². The predicted octanol–water partition coefficient (Wildman–Crippen LogP) is 2.48. The van der Waals surface area contributed by atoms with Crippen molar-refractivity contribution >= 4 is 17.7 Å². The van der Waals surface area contributed by atoms with Crippen molar-refractivity contribution in [3.05, 3.63) is 65.5 Å². The number of carboxylic acids is 1. The maximum absolute atomic E-state index is 12.4. The smallest absolute Gasteiger partial charge is 0.326 e. The van der Waals surface area contributed by atoms with E-state index in [0.29, 0.717) is 5.56 Å². The van der Waals surface area contributed by atoms with Gasteiger partial charge in [0.1, 0.15) is 11.7 Å². The number of benzene rings is 1. The van der Waals surface area contributed by atoms with Crippen LogP contribution in [-0.2, 0) is 4.79 Å². The maximum atomic E-state index is 12.4. The molecule has 130 valence electrons. The quantitative estimate of drug-likeness (QED) is 0.750. The first-order chi connectivity index (χ1) is 11.9.